The van der Waals surface area contributed by atoms with E-state index in [4.69, 9.17) is 9.78 Å². The summed E-state index contributed by atoms with van der Waals surface area (Å²) in [5, 5.41) is 12.6. The van der Waals surface area contributed by atoms with E-state index in [1.165, 1.54) is 25.7 Å². The van der Waals surface area contributed by atoms with Crippen molar-refractivity contribution in [1.29, 1.82) is 5.26 Å². The molecule has 1 aromatic rings. The van der Waals surface area contributed by atoms with Gasteiger partial charge in [-0.05, 0) is 37.5 Å². The third kappa shape index (κ3) is 2.06. The molecular weight excluding hydrogens is 214 g/mol. The van der Waals surface area contributed by atoms with Crippen LogP contribution in [-0.2, 0) is 6.42 Å². The fourth-order valence-corrected chi connectivity index (χ4v) is 3.40. The van der Waals surface area contributed by atoms with Crippen LogP contribution in [0.3, 0.4) is 0 Å². The zero-order valence-electron chi connectivity index (χ0n) is 9.93. The quantitative estimate of drug-likeness (QED) is 0.747. The first-order valence-corrected chi connectivity index (χ1v) is 6.56. The van der Waals surface area contributed by atoms with E-state index in [1.807, 2.05) is 0 Å². The van der Waals surface area contributed by atoms with Crippen LogP contribution in [0.25, 0.3) is 0 Å². The topological polar surface area (TPSA) is 62.7 Å². The Morgan fingerprint density at radius 3 is 3.00 bits per heavy atom. The number of hydrogen-bond acceptors (Lipinski definition) is 4. The van der Waals surface area contributed by atoms with Crippen molar-refractivity contribution in [3.05, 3.63) is 11.7 Å². The molecule has 3 atom stereocenters. The number of unbranched alkanes of at least 4 members (excludes halogenated alkanes) is 1. The molecule has 1 aromatic heterocycles. The highest BCUT2D eigenvalue weighted by atomic mass is 16.5. The lowest BCUT2D eigenvalue weighted by Gasteiger charge is -2.17. The van der Waals surface area contributed by atoms with Crippen LogP contribution in [0.15, 0.2) is 4.52 Å². The minimum atomic E-state index is 0.544. The molecule has 2 aliphatic carbocycles. The first-order chi connectivity index (χ1) is 8.36. The predicted molar refractivity (Wildman–Crippen MR) is 61.0 cm³/mol. The minimum Gasteiger partial charge on any atom is -0.339 e. The zero-order valence-corrected chi connectivity index (χ0v) is 9.93. The smallest absolute Gasteiger partial charge is 0.226 e. The van der Waals surface area contributed by atoms with Crippen molar-refractivity contribution in [2.24, 2.45) is 11.8 Å². The van der Waals surface area contributed by atoms with Crippen molar-refractivity contribution in [1.82, 2.24) is 10.1 Å². The Balaban J connectivity index is 1.63. The summed E-state index contributed by atoms with van der Waals surface area (Å²) >= 11 is 0. The molecule has 0 aromatic carbocycles. The standard InChI is InChI=1S/C13H17N3O/c14-6-2-1-3-12-15-13(16-17-12)11-8-9-4-5-10(11)7-9/h9-11H,1-5,7-8H2. The normalized spacial score (nSPS) is 30.6. The van der Waals surface area contributed by atoms with Crippen LogP contribution in [0.4, 0.5) is 0 Å². The van der Waals surface area contributed by atoms with E-state index in [2.05, 4.69) is 16.2 Å². The fraction of sp³-hybridized carbons (Fsp3) is 0.769. The lowest BCUT2D eigenvalue weighted by molar-refractivity contribution is 0.350. The molecule has 0 spiro atoms. The SMILES string of the molecule is N#CCCCc1nc(C2CC3CCC2C3)no1. The van der Waals surface area contributed by atoms with E-state index in [0.29, 0.717) is 18.2 Å². The second-order valence-corrected chi connectivity index (χ2v) is 5.34. The van der Waals surface area contributed by atoms with Crippen molar-refractivity contribution in [2.75, 3.05) is 0 Å². The second-order valence-electron chi connectivity index (χ2n) is 5.34. The van der Waals surface area contributed by atoms with E-state index in [-0.39, 0.29) is 0 Å². The predicted octanol–water partition coefficient (Wildman–Crippen LogP) is 2.82. The van der Waals surface area contributed by atoms with Gasteiger partial charge in [0.15, 0.2) is 5.82 Å². The molecule has 0 aliphatic heterocycles. The molecule has 2 bridgehead atoms. The molecule has 0 radical (unpaired) electrons. The van der Waals surface area contributed by atoms with Crippen LogP contribution in [-0.4, -0.2) is 10.1 Å². The molecule has 0 amide bonds. The molecule has 2 saturated carbocycles. The largest absolute Gasteiger partial charge is 0.339 e. The first kappa shape index (κ1) is 10.8. The summed E-state index contributed by atoms with van der Waals surface area (Å²) in [6, 6.07) is 2.13. The van der Waals surface area contributed by atoms with Crippen molar-refractivity contribution in [3.63, 3.8) is 0 Å². The number of nitriles is 1. The molecule has 4 heteroatoms. The summed E-state index contributed by atoms with van der Waals surface area (Å²) in [4.78, 5) is 4.50. The Hall–Kier alpha value is -1.37. The molecule has 2 aliphatic rings. The summed E-state index contributed by atoms with van der Waals surface area (Å²) in [7, 11) is 0. The number of fused-ring (bicyclic) bond motifs is 2. The Morgan fingerprint density at radius 2 is 2.29 bits per heavy atom. The van der Waals surface area contributed by atoms with Gasteiger partial charge < -0.3 is 4.52 Å². The van der Waals surface area contributed by atoms with Crippen LogP contribution in [0.2, 0.25) is 0 Å². The van der Waals surface area contributed by atoms with E-state index >= 15 is 0 Å². The number of aryl methyl sites for hydroxylation is 1. The Labute approximate surface area is 101 Å². The number of hydrogen-bond donors (Lipinski definition) is 0. The monoisotopic (exact) mass is 231 g/mol. The lowest BCUT2D eigenvalue weighted by Crippen LogP contribution is -2.10. The van der Waals surface area contributed by atoms with Gasteiger partial charge in [-0.2, -0.15) is 10.2 Å². The number of nitrogens with zero attached hydrogens (tertiary/aromatic N) is 3. The van der Waals surface area contributed by atoms with Gasteiger partial charge in [0.2, 0.25) is 5.89 Å². The second kappa shape index (κ2) is 4.48. The van der Waals surface area contributed by atoms with Crippen LogP contribution in [0.1, 0.15) is 56.2 Å². The maximum atomic E-state index is 8.48. The van der Waals surface area contributed by atoms with E-state index in [1.54, 1.807) is 0 Å². The average molecular weight is 231 g/mol. The first-order valence-electron chi connectivity index (χ1n) is 6.56. The number of rotatable bonds is 4. The number of aromatic nitrogens is 2. The molecule has 1 heterocycles. The molecule has 0 N–H and O–H groups in total. The molecule has 3 unspecified atom stereocenters. The summed E-state index contributed by atoms with van der Waals surface area (Å²) in [5.41, 5.74) is 0. The van der Waals surface area contributed by atoms with Crippen LogP contribution in [0, 0.1) is 23.2 Å². The Kier molecular flexibility index (Phi) is 2.84. The van der Waals surface area contributed by atoms with E-state index < -0.39 is 0 Å². The molecular formula is C13H17N3O. The minimum absolute atomic E-state index is 0.544. The van der Waals surface area contributed by atoms with Crippen molar-refractivity contribution in [3.8, 4) is 6.07 Å². The Bertz CT molecular complexity index is 434. The average Bonchev–Trinajstić information content (AvgIpc) is 3.04. The highest BCUT2D eigenvalue weighted by Gasteiger charge is 2.42. The van der Waals surface area contributed by atoms with E-state index in [9.17, 15) is 0 Å². The summed E-state index contributed by atoms with van der Waals surface area (Å²) in [6.07, 6.45) is 7.47. The van der Waals surface area contributed by atoms with Gasteiger partial charge in [0.05, 0.1) is 6.07 Å². The summed E-state index contributed by atoms with van der Waals surface area (Å²) in [6.45, 7) is 0. The maximum Gasteiger partial charge on any atom is 0.226 e. The highest BCUT2D eigenvalue weighted by molar-refractivity contribution is 5.06. The van der Waals surface area contributed by atoms with Crippen LogP contribution >= 0.6 is 0 Å². The van der Waals surface area contributed by atoms with Gasteiger partial charge in [0.25, 0.3) is 0 Å². The van der Waals surface area contributed by atoms with Gasteiger partial charge in [-0.1, -0.05) is 11.6 Å². The zero-order chi connectivity index (χ0) is 11.7. The molecule has 90 valence electrons. The van der Waals surface area contributed by atoms with Gasteiger partial charge in [0, 0.05) is 18.8 Å². The van der Waals surface area contributed by atoms with Gasteiger partial charge >= 0.3 is 0 Å². The van der Waals surface area contributed by atoms with Gasteiger partial charge in [-0.25, -0.2) is 0 Å². The van der Waals surface area contributed by atoms with Crippen molar-refractivity contribution >= 4 is 0 Å². The van der Waals surface area contributed by atoms with Gasteiger partial charge in [0.1, 0.15) is 0 Å². The summed E-state index contributed by atoms with van der Waals surface area (Å²) in [5.74, 6) is 3.87. The molecule has 2 fully saturated rings. The molecule has 3 rings (SSSR count). The van der Waals surface area contributed by atoms with Crippen molar-refractivity contribution < 1.29 is 4.52 Å². The fourth-order valence-electron chi connectivity index (χ4n) is 3.40. The third-order valence-corrected chi connectivity index (χ3v) is 4.23. The highest BCUT2D eigenvalue weighted by Crippen LogP contribution is 2.52. The molecule has 4 nitrogen and oxygen atoms in total. The Morgan fingerprint density at radius 1 is 1.35 bits per heavy atom. The van der Waals surface area contributed by atoms with Gasteiger partial charge in [-0.3, -0.25) is 0 Å². The molecule has 17 heavy (non-hydrogen) atoms. The van der Waals surface area contributed by atoms with Crippen LogP contribution in [0.5, 0.6) is 0 Å². The van der Waals surface area contributed by atoms with Crippen LogP contribution < -0.4 is 0 Å². The lowest BCUT2D eigenvalue weighted by atomic mass is 9.88. The van der Waals surface area contributed by atoms with Gasteiger partial charge in [-0.15, -0.1) is 0 Å². The summed E-state index contributed by atoms with van der Waals surface area (Å²) < 4.78 is 5.26. The van der Waals surface area contributed by atoms with E-state index in [0.717, 1.165) is 30.5 Å². The molecule has 0 saturated heterocycles. The maximum absolute atomic E-state index is 8.48. The third-order valence-electron chi connectivity index (χ3n) is 4.23. The van der Waals surface area contributed by atoms with Crippen molar-refractivity contribution in [2.45, 2.75) is 50.9 Å².